The van der Waals surface area contributed by atoms with E-state index in [1.165, 1.54) is 12.0 Å². The van der Waals surface area contributed by atoms with E-state index in [0.29, 0.717) is 0 Å². The molecule has 1 atom stereocenters. The summed E-state index contributed by atoms with van der Waals surface area (Å²) in [6, 6.07) is 10.6. The van der Waals surface area contributed by atoms with Crippen LogP contribution in [0, 0.1) is 0 Å². The van der Waals surface area contributed by atoms with Crippen molar-refractivity contribution in [2.75, 3.05) is 13.1 Å². The van der Waals surface area contributed by atoms with Crippen LogP contribution in [-0.2, 0) is 6.42 Å². The second-order valence-electron chi connectivity index (χ2n) is 3.57. The first-order valence-corrected chi connectivity index (χ1v) is 5.61. The Bertz CT molecular complexity index is 233. The van der Waals surface area contributed by atoms with Crippen molar-refractivity contribution >= 4 is 11.6 Å². The van der Waals surface area contributed by atoms with E-state index in [1.54, 1.807) is 0 Å². The Morgan fingerprint density at radius 3 is 2.64 bits per heavy atom. The Morgan fingerprint density at radius 1 is 1.29 bits per heavy atom. The molecule has 78 valence electrons. The third kappa shape index (κ3) is 5.25. The van der Waals surface area contributed by atoms with Gasteiger partial charge < -0.3 is 5.32 Å². The molecule has 0 saturated carbocycles. The topological polar surface area (TPSA) is 12.0 Å². The van der Waals surface area contributed by atoms with E-state index in [2.05, 4.69) is 35.6 Å². The van der Waals surface area contributed by atoms with Crippen LogP contribution in [0.3, 0.4) is 0 Å². The van der Waals surface area contributed by atoms with Crippen molar-refractivity contribution in [3.8, 4) is 0 Å². The van der Waals surface area contributed by atoms with Crippen molar-refractivity contribution in [3.63, 3.8) is 0 Å². The molecular weight excluding hydrogens is 194 g/mol. The zero-order chi connectivity index (χ0) is 10.2. The highest BCUT2D eigenvalue weighted by molar-refractivity contribution is 6.20. The van der Waals surface area contributed by atoms with Crippen LogP contribution in [0.25, 0.3) is 0 Å². The molecule has 0 aromatic heterocycles. The molecule has 0 bridgehead atoms. The standard InChI is InChI=1S/C12H18ClN/c1-11(13)10-14-9-5-8-12-6-3-2-4-7-12/h2-4,6-7,11,14H,5,8-10H2,1H3. The number of alkyl halides is 1. The fourth-order valence-corrected chi connectivity index (χ4v) is 1.47. The van der Waals surface area contributed by atoms with Gasteiger partial charge in [0.05, 0.1) is 0 Å². The van der Waals surface area contributed by atoms with Gasteiger partial charge in [0, 0.05) is 11.9 Å². The molecule has 1 unspecified atom stereocenters. The number of benzene rings is 1. The summed E-state index contributed by atoms with van der Waals surface area (Å²) in [6.07, 6.45) is 2.32. The van der Waals surface area contributed by atoms with E-state index in [1.807, 2.05) is 6.92 Å². The maximum atomic E-state index is 5.81. The van der Waals surface area contributed by atoms with Crippen molar-refractivity contribution in [1.29, 1.82) is 0 Å². The van der Waals surface area contributed by atoms with Gasteiger partial charge in [0.2, 0.25) is 0 Å². The van der Waals surface area contributed by atoms with Crippen LogP contribution < -0.4 is 5.32 Å². The summed E-state index contributed by atoms with van der Waals surface area (Å²) in [5.41, 5.74) is 1.41. The van der Waals surface area contributed by atoms with Crippen molar-refractivity contribution < 1.29 is 0 Å². The van der Waals surface area contributed by atoms with Gasteiger partial charge in [-0.3, -0.25) is 0 Å². The van der Waals surface area contributed by atoms with E-state index in [0.717, 1.165) is 19.5 Å². The van der Waals surface area contributed by atoms with Crippen LogP contribution >= 0.6 is 11.6 Å². The minimum absolute atomic E-state index is 0.228. The normalized spacial score (nSPS) is 12.7. The summed E-state index contributed by atoms with van der Waals surface area (Å²) in [6.45, 7) is 3.95. The molecule has 1 rings (SSSR count). The van der Waals surface area contributed by atoms with E-state index < -0.39 is 0 Å². The third-order valence-electron chi connectivity index (χ3n) is 2.09. The molecule has 0 heterocycles. The van der Waals surface area contributed by atoms with Gasteiger partial charge in [0.1, 0.15) is 0 Å². The fourth-order valence-electron chi connectivity index (χ4n) is 1.36. The average Bonchev–Trinajstić information content (AvgIpc) is 2.18. The number of hydrogen-bond donors (Lipinski definition) is 1. The van der Waals surface area contributed by atoms with Gasteiger partial charge in [-0.2, -0.15) is 0 Å². The number of rotatable bonds is 6. The van der Waals surface area contributed by atoms with Crippen molar-refractivity contribution in [3.05, 3.63) is 35.9 Å². The summed E-state index contributed by atoms with van der Waals surface area (Å²) in [5, 5.41) is 3.55. The quantitative estimate of drug-likeness (QED) is 0.564. The minimum Gasteiger partial charge on any atom is -0.315 e. The zero-order valence-electron chi connectivity index (χ0n) is 8.67. The van der Waals surface area contributed by atoms with Crippen LogP contribution in [0.2, 0.25) is 0 Å². The molecule has 1 N–H and O–H groups in total. The second-order valence-corrected chi connectivity index (χ2v) is 4.32. The van der Waals surface area contributed by atoms with Gasteiger partial charge in [-0.25, -0.2) is 0 Å². The smallest absolute Gasteiger partial charge is 0.0432 e. The summed E-state index contributed by atoms with van der Waals surface area (Å²) in [5.74, 6) is 0. The molecule has 14 heavy (non-hydrogen) atoms. The fraction of sp³-hybridized carbons (Fsp3) is 0.500. The van der Waals surface area contributed by atoms with Crippen molar-refractivity contribution in [1.82, 2.24) is 5.32 Å². The summed E-state index contributed by atoms with van der Waals surface area (Å²) in [7, 11) is 0. The number of aryl methyl sites for hydroxylation is 1. The minimum atomic E-state index is 0.228. The molecule has 0 radical (unpaired) electrons. The van der Waals surface area contributed by atoms with E-state index in [9.17, 15) is 0 Å². The van der Waals surface area contributed by atoms with Gasteiger partial charge in [0.15, 0.2) is 0 Å². The lowest BCUT2D eigenvalue weighted by Gasteiger charge is -2.05. The lowest BCUT2D eigenvalue weighted by molar-refractivity contribution is 0.643. The number of halogens is 1. The van der Waals surface area contributed by atoms with Gasteiger partial charge in [-0.15, -0.1) is 11.6 Å². The monoisotopic (exact) mass is 211 g/mol. The average molecular weight is 212 g/mol. The second kappa shape index (κ2) is 6.86. The first kappa shape index (κ1) is 11.5. The van der Waals surface area contributed by atoms with Gasteiger partial charge in [-0.05, 0) is 31.9 Å². The predicted octanol–water partition coefficient (Wildman–Crippen LogP) is 2.84. The van der Waals surface area contributed by atoms with Crippen LogP contribution in [0.1, 0.15) is 18.9 Å². The third-order valence-corrected chi connectivity index (χ3v) is 2.24. The molecule has 1 aromatic rings. The lowest BCUT2D eigenvalue weighted by Crippen LogP contribution is -2.22. The summed E-state index contributed by atoms with van der Waals surface area (Å²) < 4.78 is 0. The summed E-state index contributed by atoms with van der Waals surface area (Å²) in [4.78, 5) is 0. The molecule has 0 saturated heterocycles. The molecule has 2 heteroatoms. The molecular formula is C12H18ClN. The Labute approximate surface area is 91.5 Å². The van der Waals surface area contributed by atoms with E-state index in [4.69, 9.17) is 11.6 Å². The molecule has 0 fully saturated rings. The largest absolute Gasteiger partial charge is 0.315 e. The first-order valence-electron chi connectivity index (χ1n) is 5.18. The number of hydrogen-bond acceptors (Lipinski definition) is 1. The number of nitrogens with one attached hydrogen (secondary N) is 1. The van der Waals surface area contributed by atoms with Gasteiger partial charge in [-0.1, -0.05) is 30.3 Å². The molecule has 0 amide bonds. The Balaban J connectivity index is 2.05. The van der Waals surface area contributed by atoms with Crippen LogP contribution in [0.5, 0.6) is 0 Å². The van der Waals surface area contributed by atoms with Crippen molar-refractivity contribution in [2.24, 2.45) is 0 Å². The molecule has 0 aliphatic heterocycles. The van der Waals surface area contributed by atoms with Gasteiger partial charge in [0.25, 0.3) is 0 Å². The van der Waals surface area contributed by atoms with Crippen LogP contribution in [0.4, 0.5) is 0 Å². The maximum absolute atomic E-state index is 5.81. The summed E-state index contributed by atoms with van der Waals surface area (Å²) >= 11 is 5.81. The Hall–Kier alpha value is -0.530. The maximum Gasteiger partial charge on any atom is 0.0432 e. The van der Waals surface area contributed by atoms with Gasteiger partial charge >= 0.3 is 0 Å². The Kier molecular flexibility index (Phi) is 5.65. The highest BCUT2D eigenvalue weighted by Gasteiger charge is 1.95. The first-order chi connectivity index (χ1) is 6.79. The lowest BCUT2D eigenvalue weighted by atomic mass is 10.1. The molecule has 1 aromatic carbocycles. The van der Waals surface area contributed by atoms with E-state index in [-0.39, 0.29) is 5.38 Å². The van der Waals surface area contributed by atoms with Crippen LogP contribution in [0.15, 0.2) is 30.3 Å². The molecule has 1 nitrogen and oxygen atoms in total. The van der Waals surface area contributed by atoms with Crippen molar-refractivity contribution in [2.45, 2.75) is 25.1 Å². The molecule has 0 aliphatic carbocycles. The molecule has 0 aliphatic rings. The highest BCUT2D eigenvalue weighted by Crippen LogP contribution is 2.01. The predicted molar refractivity (Wildman–Crippen MR) is 62.9 cm³/mol. The molecule has 0 spiro atoms. The highest BCUT2D eigenvalue weighted by atomic mass is 35.5. The van der Waals surface area contributed by atoms with Crippen LogP contribution in [-0.4, -0.2) is 18.5 Å². The SMILES string of the molecule is CC(Cl)CNCCCc1ccccc1. The van der Waals surface area contributed by atoms with E-state index >= 15 is 0 Å². The Morgan fingerprint density at radius 2 is 2.00 bits per heavy atom. The zero-order valence-corrected chi connectivity index (χ0v) is 9.43.